The molecule has 3 heterocycles. The van der Waals surface area contributed by atoms with Gasteiger partial charge in [-0.05, 0) is 44.1 Å². The van der Waals surface area contributed by atoms with Crippen molar-refractivity contribution < 1.29 is 25.7 Å². The summed E-state index contributed by atoms with van der Waals surface area (Å²) in [7, 11) is 5.01. The molecular weight excluding hydrogens is 606 g/mol. The Balaban J connectivity index is 0.00000241. The Bertz CT molecular complexity index is 1170. The fraction of sp³-hybridized carbons (Fsp3) is 0.0909. The normalized spacial score (nSPS) is 16.8. The molecule has 1 saturated heterocycles. The first-order valence-electron chi connectivity index (χ1n) is 10.8. The first kappa shape index (κ1) is 23.2. The van der Waals surface area contributed by atoms with Gasteiger partial charge in [0.15, 0.2) is 7.12 Å². The molecule has 3 aliphatic rings. The van der Waals surface area contributed by atoms with Crippen molar-refractivity contribution >= 4 is 50.3 Å². The third-order valence-electron chi connectivity index (χ3n) is 5.90. The molecule has 8 nitrogen and oxygen atoms in total. The molecule has 0 spiro atoms. The van der Waals surface area contributed by atoms with Crippen LogP contribution >= 0.6 is 0 Å². The monoisotopic (exact) mass is 627 g/mol. The van der Waals surface area contributed by atoms with Gasteiger partial charge in [-0.1, -0.05) is 24.3 Å². The molecular formula is C22H21B3N7OPt. The van der Waals surface area contributed by atoms with Crippen molar-refractivity contribution in [2.24, 2.45) is 0 Å². The molecule has 2 N–H and O–H groups in total. The zero-order chi connectivity index (χ0) is 22.4. The van der Waals surface area contributed by atoms with Crippen molar-refractivity contribution in [3.05, 3.63) is 91.3 Å². The van der Waals surface area contributed by atoms with Crippen LogP contribution in [0.3, 0.4) is 0 Å². The van der Waals surface area contributed by atoms with Crippen molar-refractivity contribution in [3.8, 4) is 5.75 Å². The molecule has 3 aliphatic heterocycles. The van der Waals surface area contributed by atoms with E-state index in [9.17, 15) is 0 Å². The second-order valence-electron chi connectivity index (χ2n) is 8.08. The number of para-hydroxylation sites is 4. The summed E-state index contributed by atoms with van der Waals surface area (Å²) in [6.45, 7) is 4.08. The number of rotatable bonds is 4. The van der Waals surface area contributed by atoms with E-state index in [1.165, 1.54) is 0 Å². The number of hydrogen-bond donors (Lipinski definition) is 2. The van der Waals surface area contributed by atoms with Gasteiger partial charge in [-0.2, -0.15) is 19.4 Å². The van der Waals surface area contributed by atoms with Gasteiger partial charge < -0.3 is 39.6 Å². The van der Waals surface area contributed by atoms with Gasteiger partial charge in [-0.25, -0.2) is 0 Å². The summed E-state index contributed by atoms with van der Waals surface area (Å²) in [6.07, 6.45) is 0. The minimum atomic E-state index is -0.549. The summed E-state index contributed by atoms with van der Waals surface area (Å²) in [5, 5.41) is 11.2. The van der Waals surface area contributed by atoms with Gasteiger partial charge in [0.1, 0.15) is 0 Å². The van der Waals surface area contributed by atoms with E-state index in [2.05, 4.69) is 60.1 Å². The van der Waals surface area contributed by atoms with Crippen LogP contribution in [0, 0.1) is 19.4 Å². The Labute approximate surface area is 216 Å². The van der Waals surface area contributed by atoms with Crippen LogP contribution in [0.4, 0.5) is 28.4 Å². The molecule has 3 aromatic rings. The van der Waals surface area contributed by atoms with Crippen LogP contribution in [0.15, 0.2) is 66.7 Å². The van der Waals surface area contributed by atoms with E-state index in [1.54, 1.807) is 7.55 Å². The SMILES string of the molecule is CN1[CH-]N(B2[N-]B(Oc3[c-]c(N4[CH-]N(C)c5ccccc54)ccc3)N[B]N2)c2ccccc21.[Pt+4]. The van der Waals surface area contributed by atoms with Crippen LogP contribution in [0.5, 0.6) is 5.75 Å². The molecule has 0 aromatic heterocycles. The maximum Gasteiger partial charge on any atom is 4.00 e. The van der Waals surface area contributed by atoms with Crippen LogP contribution < -0.4 is 34.4 Å². The molecule has 1 radical (unpaired) electrons. The van der Waals surface area contributed by atoms with Crippen molar-refractivity contribution in [3.63, 3.8) is 0 Å². The molecule has 0 unspecified atom stereocenters. The summed E-state index contributed by atoms with van der Waals surface area (Å²) >= 11 is 0. The molecule has 12 heteroatoms. The van der Waals surface area contributed by atoms with E-state index in [0.29, 0.717) is 5.75 Å². The van der Waals surface area contributed by atoms with Crippen molar-refractivity contribution in [2.45, 2.75) is 0 Å². The zero-order valence-corrected chi connectivity index (χ0v) is 21.0. The summed E-state index contributed by atoms with van der Waals surface area (Å²) in [6, 6.07) is 25.8. The molecule has 0 saturated carbocycles. The predicted octanol–water partition coefficient (Wildman–Crippen LogP) is 2.72. The van der Waals surface area contributed by atoms with Crippen LogP contribution in [-0.2, 0) is 21.1 Å². The number of nitrogens with one attached hydrogen (secondary N) is 2. The van der Waals surface area contributed by atoms with Crippen LogP contribution in [-0.4, -0.2) is 35.9 Å². The van der Waals surface area contributed by atoms with E-state index in [4.69, 9.17) is 9.79 Å². The second kappa shape index (κ2) is 9.58. The molecule has 0 atom stereocenters. The van der Waals surface area contributed by atoms with Crippen molar-refractivity contribution in [2.75, 3.05) is 33.6 Å². The van der Waals surface area contributed by atoms with E-state index in [-0.39, 0.29) is 28.2 Å². The molecule has 0 amide bonds. The minimum absolute atomic E-state index is 0. The third-order valence-corrected chi connectivity index (χ3v) is 5.90. The zero-order valence-electron chi connectivity index (χ0n) is 18.7. The predicted molar refractivity (Wildman–Crippen MR) is 136 cm³/mol. The molecule has 34 heavy (non-hydrogen) atoms. The molecule has 0 aliphatic carbocycles. The first-order valence-corrected chi connectivity index (χ1v) is 10.8. The Morgan fingerprint density at radius 1 is 0.853 bits per heavy atom. The fourth-order valence-corrected chi connectivity index (χ4v) is 4.33. The molecule has 3 aromatic carbocycles. The molecule has 169 valence electrons. The first-order chi connectivity index (χ1) is 16.2. The van der Waals surface area contributed by atoms with Crippen LogP contribution in [0.1, 0.15) is 0 Å². The van der Waals surface area contributed by atoms with Gasteiger partial charge in [0.05, 0.1) is 0 Å². The summed E-state index contributed by atoms with van der Waals surface area (Å²) < 4.78 is 6.16. The van der Waals surface area contributed by atoms with Gasteiger partial charge in [-0.15, -0.1) is 23.9 Å². The average Bonchev–Trinajstić information content (AvgIpc) is 3.37. The summed E-state index contributed by atoms with van der Waals surface area (Å²) in [5.74, 6) is 0.617. The number of fused-ring (bicyclic) bond motifs is 2. The van der Waals surface area contributed by atoms with E-state index >= 15 is 0 Å². The van der Waals surface area contributed by atoms with Crippen LogP contribution in [0.2, 0.25) is 0 Å². The maximum absolute atomic E-state index is 6.16. The second-order valence-corrected chi connectivity index (χ2v) is 8.08. The van der Waals surface area contributed by atoms with Crippen LogP contribution in [0.25, 0.3) is 5.14 Å². The van der Waals surface area contributed by atoms with E-state index in [1.807, 2.05) is 69.9 Å². The largest absolute Gasteiger partial charge is 4.00 e. The number of hydrogen-bond acceptors (Lipinski definition) is 7. The minimum Gasteiger partial charge on any atom is -0.627 e. The summed E-state index contributed by atoms with van der Waals surface area (Å²) in [5.41, 5.74) is 5.40. The third kappa shape index (κ3) is 4.18. The van der Waals surface area contributed by atoms with E-state index in [0.717, 1.165) is 28.4 Å². The van der Waals surface area contributed by atoms with Gasteiger partial charge in [-0.3, -0.25) is 0 Å². The van der Waals surface area contributed by atoms with Gasteiger partial charge in [0.25, 0.3) is 7.55 Å². The number of nitrogens with zero attached hydrogens (tertiary/aromatic N) is 5. The quantitative estimate of drug-likeness (QED) is 0.341. The summed E-state index contributed by atoms with van der Waals surface area (Å²) in [4.78, 5) is 8.38. The van der Waals surface area contributed by atoms with Gasteiger partial charge >= 0.3 is 28.3 Å². The molecule has 1 fully saturated rings. The van der Waals surface area contributed by atoms with Gasteiger partial charge in [0, 0.05) is 22.7 Å². The van der Waals surface area contributed by atoms with E-state index < -0.39 is 7.19 Å². The topological polar surface area (TPSA) is 60.4 Å². The number of benzene rings is 3. The Morgan fingerprint density at radius 2 is 1.53 bits per heavy atom. The smallest absolute Gasteiger partial charge is 0.627 e. The number of anilines is 5. The Morgan fingerprint density at radius 3 is 2.32 bits per heavy atom. The maximum atomic E-state index is 6.16. The fourth-order valence-electron chi connectivity index (χ4n) is 4.33. The van der Waals surface area contributed by atoms with Crippen molar-refractivity contribution in [1.82, 2.24) is 10.3 Å². The standard InChI is InChI=1S/C22H21B3N7O.Pt/c1-29-15-31(21-12-5-3-10-19(21)29)17-8-7-9-18(14-17)33-25-27-23-26-24(28-25)32-16-30(2)20-11-4-6-13-22(20)32;/h3-13,15-16,26-27H,1-2H3;/q-4;+4. The Kier molecular flexibility index (Phi) is 6.53. The Hall–Kier alpha value is -2.58. The molecule has 0 bridgehead atoms. The molecule has 6 rings (SSSR count). The van der Waals surface area contributed by atoms with Gasteiger partial charge in [0.2, 0.25) is 0 Å². The van der Waals surface area contributed by atoms with Crippen molar-refractivity contribution in [1.29, 1.82) is 0 Å². The average molecular weight is 627 g/mol.